The van der Waals surface area contributed by atoms with Gasteiger partial charge in [0.25, 0.3) is 5.56 Å². The lowest BCUT2D eigenvalue weighted by Gasteiger charge is -2.08. The summed E-state index contributed by atoms with van der Waals surface area (Å²) in [5, 5.41) is 11.8. The molecule has 0 spiro atoms. The average molecular weight is 331 g/mol. The van der Waals surface area contributed by atoms with Crippen LogP contribution in [0.25, 0.3) is 10.9 Å². The van der Waals surface area contributed by atoms with Gasteiger partial charge in [-0.2, -0.15) is 0 Å². The van der Waals surface area contributed by atoms with Crippen molar-refractivity contribution in [2.75, 3.05) is 5.32 Å². The summed E-state index contributed by atoms with van der Waals surface area (Å²) in [6.45, 7) is 1.94. The molecular formula is C14H13N5O3S. The smallest absolute Gasteiger partial charge is 0.300 e. The maximum absolute atomic E-state index is 12.0. The zero-order chi connectivity index (χ0) is 16.4. The summed E-state index contributed by atoms with van der Waals surface area (Å²) in [6.07, 6.45) is 0.0779. The second kappa shape index (κ2) is 6.13. The molecule has 0 radical (unpaired) electrons. The highest BCUT2D eigenvalue weighted by atomic mass is 32.1. The van der Waals surface area contributed by atoms with Crippen molar-refractivity contribution >= 4 is 33.3 Å². The minimum absolute atomic E-state index is 0.0779. The third-order valence-electron chi connectivity index (χ3n) is 3.24. The molecular weight excluding hydrogens is 318 g/mol. The van der Waals surface area contributed by atoms with E-state index in [1.807, 2.05) is 0 Å². The molecule has 118 valence electrons. The van der Waals surface area contributed by atoms with Gasteiger partial charge in [-0.1, -0.05) is 23.5 Å². The lowest BCUT2D eigenvalue weighted by atomic mass is 10.2. The van der Waals surface area contributed by atoms with E-state index in [1.54, 1.807) is 31.2 Å². The Balaban J connectivity index is 1.81. The van der Waals surface area contributed by atoms with Crippen LogP contribution in [0.2, 0.25) is 0 Å². The summed E-state index contributed by atoms with van der Waals surface area (Å²) in [5.74, 6) is -0.275. The fourth-order valence-electron chi connectivity index (χ4n) is 2.21. The van der Waals surface area contributed by atoms with Gasteiger partial charge in [0.1, 0.15) is 5.01 Å². The van der Waals surface area contributed by atoms with Crippen molar-refractivity contribution in [3.8, 4) is 0 Å². The first-order chi connectivity index (χ1) is 11.0. The monoisotopic (exact) mass is 331 g/mol. The number of para-hydroxylation sites is 1. The molecule has 0 aliphatic carbocycles. The van der Waals surface area contributed by atoms with Crippen LogP contribution >= 0.6 is 11.3 Å². The minimum atomic E-state index is -0.534. The number of benzene rings is 1. The van der Waals surface area contributed by atoms with E-state index in [4.69, 9.17) is 0 Å². The number of amides is 1. The number of hydrogen-bond donors (Lipinski definition) is 2. The highest BCUT2D eigenvalue weighted by Gasteiger charge is 2.10. The first kappa shape index (κ1) is 15.1. The first-order valence-electron chi connectivity index (χ1n) is 6.86. The van der Waals surface area contributed by atoms with E-state index in [2.05, 4.69) is 20.5 Å². The van der Waals surface area contributed by atoms with Crippen LogP contribution in [0.1, 0.15) is 11.4 Å². The molecule has 0 saturated heterocycles. The summed E-state index contributed by atoms with van der Waals surface area (Å²) < 4.78 is 1.38. The van der Waals surface area contributed by atoms with Gasteiger partial charge in [-0.3, -0.25) is 19.1 Å². The Morgan fingerprint density at radius 1 is 1.30 bits per heavy atom. The molecule has 2 heterocycles. The van der Waals surface area contributed by atoms with E-state index in [0.29, 0.717) is 16.0 Å². The highest BCUT2D eigenvalue weighted by molar-refractivity contribution is 7.15. The third kappa shape index (κ3) is 3.19. The second-order valence-corrected chi connectivity index (χ2v) is 6.03. The molecule has 2 N–H and O–H groups in total. The summed E-state index contributed by atoms with van der Waals surface area (Å²) in [7, 11) is 0. The number of anilines is 1. The van der Waals surface area contributed by atoms with E-state index in [0.717, 1.165) is 5.01 Å². The van der Waals surface area contributed by atoms with Crippen LogP contribution in [0, 0.1) is 6.92 Å². The predicted octanol–water partition coefficient (Wildman–Crippen LogP) is 0.879. The normalized spacial score (nSPS) is 10.8. The topological polar surface area (TPSA) is 110 Å². The molecule has 3 rings (SSSR count). The maximum Gasteiger partial charge on any atom is 0.328 e. The Morgan fingerprint density at radius 3 is 2.83 bits per heavy atom. The van der Waals surface area contributed by atoms with Crippen molar-refractivity contribution in [3.05, 3.63) is 50.1 Å². The summed E-state index contributed by atoms with van der Waals surface area (Å²) in [6, 6.07) is 6.77. The van der Waals surface area contributed by atoms with Crippen LogP contribution in [0.5, 0.6) is 0 Å². The first-order valence-corrected chi connectivity index (χ1v) is 7.68. The van der Waals surface area contributed by atoms with E-state index < -0.39 is 11.2 Å². The Kier molecular flexibility index (Phi) is 4.02. The van der Waals surface area contributed by atoms with Gasteiger partial charge in [0.2, 0.25) is 11.0 Å². The molecule has 0 aliphatic heterocycles. The minimum Gasteiger partial charge on any atom is -0.300 e. The fourth-order valence-corrected chi connectivity index (χ4v) is 2.81. The Labute approximate surface area is 133 Å². The zero-order valence-corrected chi connectivity index (χ0v) is 13.0. The number of carbonyl (C=O) groups excluding carboxylic acids is 1. The summed E-state index contributed by atoms with van der Waals surface area (Å²) in [5.41, 5.74) is -0.468. The second-order valence-electron chi connectivity index (χ2n) is 4.85. The van der Waals surface area contributed by atoms with Crippen molar-refractivity contribution in [3.63, 3.8) is 0 Å². The fraction of sp³-hybridized carbons (Fsp3) is 0.214. The molecule has 0 atom stereocenters. The predicted molar refractivity (Wildman–Crippen MR) is 86.7 cm³/mol. The SMILES string of the molecule is Cc1nnc(NC(=O)CCn2c(=O)[nH]c(=O)c3ccccc32)s1. The number of carbonyl (C=O) groups is 1. The van der Waals surface area contributed by atoms with Crippen LogP contribution in [0.3, 0.4) is 0 Å². The number of hydrogen-bond acceptors (Lipinski definition) is 6. The molecule has 0 fully saturated rings. The number of fused-ring (bicyclic) bond motifs is 1. The number of aryl methyl sites for hydroxylation is 2. The zero-order valence-electron chi connectivity index (χ0n) is 12.2. The van der Waals surface area contributed by atoms with Gasteiger partial charge in [-0.25, -0.2) is 4.79 Å². The maximum atomic E-state index is 12.0. The van der Waals surface area contributed by atoms with E-state index in [9.17, 15) is 14.4 Å². The van der Waals surface area contributed by atoms with Crippen LogP contribution in [-0.2, 0) is 11.3 Å². The lowest BCUT2D eigenvalue weighted by Crippen LogP contribution is -2.31. The average Bonchev–Trinajstić information content (AvgIpc) is 2.92. The van der Waals surface area contributed by atoms with Crippen molar-refractivity contribution in [2.45, 2.75) is 19.9 Å². The van der Waals surface area contributed by atoms with Gasteiger partial charge < -0.3 is 5.32 Å². The molecule has 2 aromatic heterocycles. The van der Waals surface area contributed by atoms with Crippen molar-refractivity contribution in [2.24, 2.45) is 0 Å². The lowest BCUT2D eigenvalue weighted by molar-refractivity contribution is -0.116. The third-order valence-corrected chi connectivity index (χ3v) is 3.99. The number of nitrogens with one attached hydrogen (secondary N) is 2. The van der Waals surface area contributed by atoms with Crippen molar-refractivity contribution in [1.82, 2.24) is 19.7 Å². The van der Waals surface area contributed by atoms with Crippen LogP contribution in [-0.4, -0.2) is 25.7 Å². The van der Waals surface area contributed by atoms with Crippen LogP contribution in [0.15, 0.2) is 33.9 Å². The number of aromatic nitrogens is 4. The molecule has 1 aromatic carbocycles. The van der Waals surface area contributed by atoms with E-state index in [1.165, 1.54) is 15.9 Å². The molecule has 0 unspecified atom stereocenters. The van der Waals surface area contributed by atoms with Gasteiger partial charge in [0.15, 0.2) is 0 Å². The van der Waals surface area contributed by atoms with Crippen molar-refractivity contribution in [1.29, 1.82) is 0 Å². The van der Waals surface area contributed by atoms with Crippen LogP contribution in [0.4, 0.5) is 5.13 Å². The van der Waals surface area contributed by atoms with Gasteiger partial charge >= 0.3 is 5.69 Å². The molecule has 8 nitrogen and oxygen atoms in total. The molecule has 1 amide bonds. The molecule has 0 bridgehead atoms. The molecule has 0 saturated carbocycles. The van der Waals surface area contributed by atoms with Gasteiger partial charge in [-0.15, -0.1) is 10.2 Å². The Bertz CT molecular complexity index is 988. The van der Waals surface area contributed by atoms with E-state index in [-0.39, 0.29) is 18.9 Å². The summed E-state index contributed by atoms with van der Waals surface area (Å²) in [4.78, 5) is 38.0. The summed E-state index contributed by atoms with van der Waals surface area (Å²) >= 11 is 1.28. The number of aromatic amines is 1. The number of rotatable bonds is 4. The quantitative estimate of drug-likeness (QED) is 0.737. The van der Waals surface area contributed by atoms with E-state index >= 15 is 0 Å². The molecule has 23 heavy (non-hydrogen) atoms. The standard InChI is InChI=1S/C14H13N5O3S/c1-8-17-18-13(23-8)15-11(20)6-7-19-10-5-3-2-4-9(10)12(21)16-14(19)22/h2-5H,6-7H2,1H3,(H,15,18,20)(H,16,21,22). The number of nitrogens with zero attached hydrogens (tertiary/aromatic N) is 3. The Morgan fingerprint density at radius 2 is 2.09 bits per heavy atom. The highest BCUT2D eigenvalue weighted by Crippen LogP contribution is 2.14. The van der Waals surface area contributed by atoms with Gasteiger partial charge in [0, 0.05) is 13.0 Å². The largest absolute Gasteiger partial charge is 0.328 e. The number of H-pyrrole nitrogens is 1. The van der Waals surface area contributed by atoms with Gasteiger partial charge in [0.05, 0.1) is 10.9 Å². The van der Waals surface area contributed by atoms with Gasteiger partial charge in [-0.05, 0) is 19.1 Å². The molecule has 9 heteroatoms. The molecule has 3 aromatic rings. The van der Waals surface area contributed by atoms with Crippen LogP contribution < -0.4 is 16.6 Å². The Hall–Kier alpha value is -2.81. The van der Waals surface area contributed by atoms with Crippen molar-refractivity contribution < 1.29 is 4.79 Å². The molecule has 0 aliphatic rings.